The average Bonchev–Trinajstić information content (AvgIpc) is 3.36. The van der Waals surface area contributed by atoms with Gasteiger partial charge in [-0.2, -0.15) is 13.2 Å². The van der Waals surface area contributed by atoms with Crippen LogP contribution in [-0.2, 0) is 15.3 Å². The molecule has 2 aliphatic rings. The molecule has 2 heterocycles. The lowest BCUT2D eigenvalue weighted by molar-refractivity contribution is -0.274. The second kappa shape index (κ2) is 7.55. The summed E-state index contributed by atoms with van der Waals surface area (Å²) in [4.78, 5) is 28.7. The summed E-state index contributed by atoms with van der Waals surface area (Å²) in [6.45, 7) is 0. The average molecular weight is 464 g/mol. The highest BCUT2D eigenvalue weighted by molar-refractivity contribution is 6.05. The molecular weight excluding hydrogens is 446 g/mol. The molecule has 1 unspecified atom stereocenters. The molecule has 1 aromatic carbocycles. The van der Waals surface area contributed by atoms with Crippen molar-refractivity contribution in [2.75, 3.05) is 5.32 Å². The molecule has 13 heteroatoms. The molecule has 32 heavy (non-hydrogen) atoms. The molecule has 1 fully saturated rings. The fraction of sp³-hybridized carbons (Fsp3) is 0.526. The largest absolute Gasteiger partial charge is 0.573 e. The first-order valence-electron chi connectivity index (χ1n) is 9.89. The van der Waals surface area contributed by atoms with Crippen LogP contribution in [0.2, 0.25) is 0 Å². The number of hydrogen-bond donors (Lipinski definition) is 2. The predicted molar refractivity (Wildman–Crippen MR) is 98.4 cm³/mol. The van der Waals surface area contributed by atoms with Crippen LogP contribution >= 0.6 is 0 Å². The zero-order chi connectivity index (χ0) is 23.3. The lowest BCUT2D eigenvalue weighted by Gasteiger charge is -2.32. The number of imidazole rings is 1. The van der Waals surface area contributed by atoms with Crippen LogP contribution in [0.5, 0.6) is 5.75 Å². The van der Waals surface area contributed by atoms with Gasteiger partial charge in [0.15, 0.2) is 5.75 Å². The van der Waals surface area contributed by atoms with Gasteiger partial charge in [-0.05, 0) is 24.5 Å². The number of benzene rings is 1. The van der Waals surface area contributed by atoms with E-state index < -0.39 is 52.7 Å². The zero-order valence-corrected chi connectivity index (χ0v) is 16.4. The minimum Gasteiger partial charge on any atom is -0.403 e. The Morgan fingerprint density at radius 3 is 2.53 bits per heavy atom. The number of fused-ring (bicyclic) bond motifs is 3. The monoisotopic (exact) mass is 464 g/mol. The molecule has 0 spiro atoms. The Bertz CT molecular complexity index is 1060. The molecule has 2 aromatic rings. The highest BCUT2D eigenvalue weighted by atomic mass is 19.4. The summed E-state index contributed by atoms with van der Waals surface area (Å²) >= 11 is 0. The van der Waals surface area contributed by atoms with E-state index >= 15 is 0 Å². The van der Waals surface area contributed by atoms with Crippen LogP contribution in [0, 0.1) is 5.92 Å². The predicted octanol–water partition coefficient (Wildman–Crippen LogP) is 4.19. The fourth-order valence-electron chi connectivity index (χ4n) is 4.34. The Hall–Kier alpha value is -2.99. The van der Waals surface area contributed by atoms with Crippen LogP contribution in [-0.4, -0.2) is 33.9 Å². The van der Waals surface area contributed by atoms with E-state index in [1.807, 2.05) is 5.32 Å². The van der Waals surface area contributed by atoms with Gasteiger partial charge in [-0.3, -0.25) is 19.5 Å². The van der Waals surface area contributed by atoms with Gasteiger partial charge in [0.1, 0.15) is 5.52 Å². The maximum Gasteiger partial charge on any atom is 0.573 e. The Labute approximate surface area is 177 Å². The van der Waals surface area contributed by atoms with Crippen molar-refractivity contribution in [2.24, 2.45) is 5.92 Å². The van der Waals surface area contributed by atoms with E-state index in [9.17, 15) is 35.9 Å². The molecule has 1 atom stereocenters. The standard InChI is InChI=1S/C19H18F6N4O3/c20-18(21,22)17(28-13(30)9-8-10-4-1-2-5-10)15(31)27-16-26-14-11(29(16)17)6-3-7-12(14)32-19(23,24)25/h3,6-7,10H,1-2,4-5,8-9H2,(H,28,30)(H,26,27,31). The van der Waals surface area contributed by atoms with Crippen molar-refractivity contribution >= 4 is 28.8 Å². The summed E-state index contributed by atoms with van der Waals surface area (Å²) in [5.74, 6) is -3.87. The first-order valence-corrected chi connectivity index (χ1v) is 9.89. The first kappa shape index (κ1) is 22.2. The Morgan fingerprint density at radius 2 is 1.91 bits per heavy atom. The minimum atomic E-state index is -5.32. The molecule has 4 rings (SSSR count). The summed E-state index contributed by atoms with van der Waals surface area (Å²) in [7, 11) is 0. The number of rotatable bonds is 5. The van der Waals surface area contributed by atoms with Crippen LogP contribution < -0.4 is 15.4 Å². The maximum atomic E-state index is 14.3. The minimum absolute atomic E-state index is 0.222. The van der Waals surface area contributed by atoms with Crippen LogP contribution in [0.3, 0.4) is 0 Å². The van der Waals surface area contributed by atoms with Gasteiger partial charge >= 0.3 is 12.5 Å². The smallest absolute Gasteiger partial charge is 0.403 e. The summed E-state index contributed by atoms with van der Waals surface area (Å²) in [6.07, 6.45) is -6.52. The van der Waals surface area contributed by atoms with Gasteiger partial charge in [0, 0.05) is 6.42 Å². The maximum absolute atomic E-state index is 14.3. The van der Waals surface area contributed by atoms with Crippen molar-refractivity contribution in [2.45, 2.75) is 56.7 Å². The molecule has 1 aliphatic carbocycles. The van der Waals surface area contributed by atoms with E-state index in [4.69, 9.17) is 0 Å². The Morgan fingerprint density at radius 1 is 1.22 bits per heavy atom. The van der Waals surface area contributed by atoms with E-state index in [-0.39, 0.29) is 12.3 Å². The number of nitrogens with zero attached hydrogens (tertiary/aromatic N) is 2. The molecule has 7 nitrogen and oxygen atoms in total. The van der Waals surface area contributed by atoms with Crippen LogP contribution in [0.15, 0.2) is 18.2 Å². The molecule has 0 saturated heterocycles. The summed E-state index contributed by atoms with van der Waals surface area (Å²) in [5.41, 5.74) is -4.57. The van der Waals surface area contributed by atoms with Gasteiger partial charge in [0.25, 0.3) is 11.6 Å². The molecular formula is C19H18F6N4O3. The van der Waals surface area contributed by atoms with E-state index in [2.05, 4.69) is 9.72 Å². The second-order valence-electron chi connectivity index (χ2n) is 7.84. The molecule has 1 aromatic heterocycles. The molecule has 0 bridgehead atoms. The SMILES string of the molecule is O=C(CCC1CCCC1)NC1(C(F)(F)F)C(=O)Nc2nc3c(OC(F)(F)F)cccc3n21. The number of para-hydroxylation sites is 1. The lowest BCUT2D eigenvalue weighted by atomic mass is 10.0. The highest BCUT2D eigenvalue weighted by Gasteiger charge is 2.67. The van der Waals surface area contributed by atoms with Gasteiger partial charge in [-0.25, -0.2) is 4.98 Å². The number of carbonyl (C=O) groups is 2. The van der Waals surface area contributed by atoms with Gasteiger partial charge in [-0.1, -0.05) is 31.7 Å². The Balaban J connectivity index is 1.74. The molecule has 2 N–H and O–H groups in total. The second-order valence-corrected chi connectivity index (χ2v) is 7.84. The number of hydrogen-bond acceptors (Lipinski definition) is 4. The fourth-order valence-corrected chi connectivity index (χ4v) is 4.34. The highest BCUT2D eigenvalue weighted by Crippen LogP contribution is 2.45. The normalized spacial score (nSPS) is 21.6. The summed E-state index contributed by atoms with van der Waals surface area (Å²) in [5, 5.41) is 3.71. The number of anilines is 1. The third kappa shape index (κ3) is 3.73. The van der Waals surface area contributed by atoms with Crippen molar-refractivity contribution in [1.29, 1.82) is 0 Å². The van der Waals surface area contributed by atoms with Crippen molar-refractivity contribution in [1.82, 2.24) is 14.9 Å². The number of halogens is 6. The summed E-state index contributed by atoms with van der Waals surface area (Å²) in [6, 6.07) is 2.97. The molecule has 1 saturated carbocycles. The zero-order valence-electron chi connectivity index (χ0n) is 16.4. The van der Waals surface area contributed by atoms with Crippen molar-refractivity contribution in [3.05, 3.63) is 18.2 Å². The van der Waals surface area contributed by atoms with E-state index in [0.29, 0.717) is 11.0 Å². The van der Waals surface area contributed by atoms with Crippen molar-refractivity contribution in [3.8, 4) is 5.75 Å². The molecule has 2 amide bonds. The van der Waals surface area contributed by atoms with E-state index in [1.54, 1.807) is 5.32 Å². The number of carbonyl (C=O) groups excluding carboxylic acids is 2. The number of alkyl halides is 6. The van der Waals surface area contributed by atoms with Crippen LogP contribution in [0.1, 0.15) is 38.5 Å². The van der Waals surface area contributed by atoms with Gasteiger partial charge < -0.3 is 10.1 Å². The Kier molecular flexibility index (Phi) is 5.24. The van der Waals surface area contributed by atoms with Gasteiger partial charge in [0.05, 0.1) is 5.52 Å². The van der Waals surface area contributed by atoms with Crippen LogP contribution in [0.4, 0.5) is 32.3 Å². The third-order valence-corrected chi connectivity index (χ3v) is 5.75. The number of ether oxygens (including phenoxy) is 1. The number of aromatic nitrogens is 2. The molecule has 1 aliphatic heterocycles. The van der Waals surface area contributed by atoms with E-state index in [1.165, 1.54) is 0 Å². The quantitative estimate of drug-likeness (QED) is 0.650. The lowest BCUT2D eigenvalue weighted by Crippen LogP contribution is -2.63. The van der Waals surface area contributed by atoms with Crippen molar-refractivity contribution < 1.29 is 40.7 Å². The first-order chi connectivity index (χ1) is 14.9. The summed E-state index contributed by atoms with van der Waals surface area (Å²) < 4.78 is 85.2. The van der Waals surface area contributed by atoms with Crippen molar-refractivity contribution in [3.63, 3.8) is 0 Å². The number of amides is 2. The number of nitrogens with one attached hydrogen (secondary N) is 2. The van der Waals surface area contributed by atoms with Gasteiger partial charge in [-0.15, -0.1) is 13.2 Å². The topological polar surface area (TPSA) is 85.2 Å². The third-order valence-electron chi connectivity index (χ3n) is 5.75. The van der Waals surface area contributed by atoms with E-state index in [0.717, 1.165) is 43.9 Å². The van der Waals surface area contributed by atoms with Gasteiger partial charge in [0.2, 0.25) is 11.9 Å². The molecule has 174 valence electrons. The van der Waals surface area contributed by atoms with Crippen LogP contribution in [0.25, 0.3) is 11.0 Å². The molecule has 0 radical (unpaired) electrons.